The third kappa shape index (κ3) is 3.56. The minimum Gasteiger partial charge on any atom is -0.298 e. The van der Waals surface area contributed by atoms with E-state index < -0.39 is 4.92 Å². The van der Waals surface area contributed by atoms with Crippen LogP contribution in [0.4, 0.5) is 10.8 Å². The lowest BCUT2D eigenvalue weighted by atomic mass is 10.1. The molecule has 126 valence electrons. The van der Waals surface area contributed by atoms with E-state index in [1.165, 1.54) is 17.4 Å². The first kappa shape index (κ1) is 16.8. The normalized spacial score (nSPS) is 10.5. The maximum atomic E-state index is 12.3. The van der Waals surface area contributed by atoms with Crippen molar-refractivity contribution in [3.63, 3.8) is 0 Å². The molecule has 1 amide bonds. The number of aryl methyl sites for hydroxylation is 2. The van der Waals surface area contributed by atoms with Gasteiger partial charge in [0.15, 0.2) is 5.13 Å². The van der Waals surface area contributed by atoms with E-state index in [2.05, 4.69) is 10.3 Å². The van der Waals surface area contributed by atoms with Crippen molar-refractivity contribution in [3.05, 3.63) is 74.6 Å². The molecule has 0 saturated heterocycles. The first-order chi connectivity index (χ1) is 12.0. The monoisotopic (exact) mass is 353 g/mol. The van der Waals surface area contributed by atoms with Crippen LogP contribution in [0.2, 0.25) is 0 Å². The fraction of sp³-hybridized carbons (Fsp3) is 0.111. The summed E-state index contributed by atoms with van der Waals surface area (Å²) in [5, 5.41) is 16.1. The summed E-state index contributed by atoms with van der Waals surface area (Å²) in [6.45, 7) is 3.56. The van der Waals surface area contributed by atoms with E-state index >= 15 is 0 Å². The Morgan fingerprint density at radius 2 is 1.92 bits per heavy atom. The highest BCUT2D eigenvalue weighted by atomic mass is 32.1. The van der Waals surface area contributed by atoms with Crippen LogP contribution in [-0.2, 0) is 0 Å². The molecule has 0 aliphatic carbocycles. The van der Waals surface area contributed by atoms with Crippen LogP contribution in [-0.4, -0.2) is 15.8 Å². The largest absolute Gasteiger partial charge is 0.298 e. The molecule has 25 heavy (non-hydrogen) atoms. The van der Waals surface area contributed by atoms with Crippen LogP contribution in [0.1, 0.15) is 21.5 Å². The SMILES string of the molecule is Cc1ccccc1C(=O)Nc1nc(-c2ccc(C)c([N+](=O)[O-])c2)cs1. The molecule has 0 unspecified atom stereocenters. The highest BCUT2D eigenvalue weighted by molar-refractivity contribution is 7.14. The predicted octanol–water partition coefficient (Wildman–Crippen LogP) is 4.59. The number of carbonyl (C=O) groups is 1. The number of nitrogens with zero attached hydrogens (tertiary/aromatic N) is 2. The molecule has 2 aromatic carbocycles. The van der Waals surface area contributed by atoms with Crippen molar-refractivity contribution in [2.75, 3.05) is 5.32 Å². The van der Waals surface area contributed by atoms with E-state index in [0.717, 1.165) is 5.56 Å². The summed E-state index contributed by atoms with van der Waals surface area (Å²) in [5.74, 6) is -0.228. The molecule has 0 saturated carbocycles. The van der Waals surface area contributed by atoms with Crippen LogP contribution in [0, 0.1) is 24.0 Å². The van der Waals surface area contributed by atoms with E-state index in [4.69, 9.17) is 0 Å². The smallest absolute Gasteiger partial charge is 0.272 e. The van der Waals surface area contributed by atoms with Gasteiger partial charge in [-0.25, -0.2) is 4.98 Å². The first-order valence-electron chi connectivity index (χ1n) is 7.53. The maximum absolute atomic E-state index is 12.3. The molecule has 6 nitrogen and oxygen atoms in total. The molecule has 0 spiro atoms. The molecular weight excluding hydrogens is 338 g/mol. The van der Waals surface area contributed by atoms with Gasteiger partial charge in [0, 0.05) is 28.1 Å². The van der Waals surface area contributed by atoms with Crippen LogP contribution >= 0.6 is 11.3 Å². The number of nitrogens with one attached hydrogen (secondary N) is 1. The zero-order valence-corrected chi connectivity index (χ0v) is 14.5. The topological polar surface area (TPSA) is 85.1 Å². The van der Waals surface area contributed by atoms with Gasteiger partial charge in [-0.15, -0.1) is 11.3 Å². The van der Waals surface area contributed by atoms with Crippen LogP contribution in [0.15, 0.2) is 47.8 Å². The van der Waals surface area contributed by atoms with Gasteiger partial charge in [-0.2, -0.15) is 0 Å². The molecule has 1 aromatic heterocycles. The number of benzene rings is 2. The van der Waals surface area contributed by atoms with Crippen molar-refractivity contribution in [2.45, 2.75) is 13.8 Å². The summed E-state index contributed by atoms with van der Waals surface area (Å²) in [5.41, 5.74) is 3.35. The average molecular weight is 353 g/mol. The second-order valence-electron chi connectivity index (χ2n) is 5.57. The minimum atomic E-state index is -0.411. The Hall–Kier alpha value is -3.06. The third-order valence-corrected chi connectivity index (χ3v) is 4.57. The van der Waals surface area contributed by atoms with Crippen molar-refractivity contribution in [3.8, 4) is 11.3 Å². The molecule has 0 radical (unpaired) electrons. The van der Waals surface area contributed by atoms with Gasteiger partial charge in [0.05, 0.1) is 10.6 Å². The molecule has 0 atom stereocenters. The van der Waals surface area contributed by atoms with Crippen LogP contribution in [0.3, 0.4) is 0 Å². The Bertz CT molecular complexity index is 966. The lowest BCUT2D eigenvalue weighted by Gasteiger charge is -2.04. The number of aromatic nitrogens is 1. The van der Waals surface area contributed by atoms with Crippen LogP contribution in [0.25, 0.3) is 11.3 Å². The number of nitro groups is 1. The lowest BCUT2D eigenvalue weighted by molar-refractivity contribution is -0.385. The Kier molecular flexibility index (Phi) is 4.58. The second kappa shape index (κ2) is 6.82. The number of carbonyl (C=O) groups excluding carboxylic acids is 1. The van der Waals surface area contributed by atoms with E-state index in [-0.39, 0.29) is 11.6 Å². The molecule has 0 aliphatic heterocycles. The Balaban J connectivity index is 1.84. The highest BCUT2D eigenvalue weighted by Crippen LogP contribution is 2.29. The predicted molar refractivity (Wildman–Crippen MR) is 98.1 cm³/mol. The quantitative estimate of drug-likeness (QED) is 0.549. The number of hydrogen-bond acceptors (Lipinski definition) is 5. The van der Waals surface area contributed by atoms with Crippen molar-refractivity contribution in [1.82, 2.24) is 4.98 Å². The van der Waals surface area contributed by atoms with Gasteiger partial charge >= 0.3 is 0 Å². The minimum absolute atomic E-state index is 0.0518. The molecule has 0 aliphatic rings. The number of hydrogen-bond donors (Lipinski definition) is 1. The molecule has 1 heterocycles. The van der Waals surface area contributed by atoms with Crippen LogP contribution in [0.5, 0.6) is 0 Å². The Morgan fingerprint density at radius 3 is 2.64 bits per heavy atom. The lowest BCUT2D eigenvalue weighted by Crippen LogP contribution is -2.12. The number of thiazole rings is 1. The van der Waals surface area contributed by atoms with Crippen molar-refractivity contribution < 1.29 is 9.72 Å². The third-order valence-electron chi connectivity index (χ3n) is 3.82. The van der Waals surface area contributed by atoms with E-state index in [0.29, 0.717) is 27.5 Å². The van der Waals surface area contributed by atoms with Gasteiger partial charge in [-0.3, -0.25) is 20.2 Å². The summed E-state index contributed by atoms with van der Waals surface area (Å²) in [7, 11) is 0. The molecular formula is C18H15N3O3S. The van der Waals surface area contributed by atoms with Crippen molar-refractivity contribution in [1.29, 1.82) is 0 Å². The summed E-state index contributed by atoms with van der Waals surface area (Å²) in [4.78, 5) is 27.4. The molecule has 0 fully saturated rings. The summed E-state index contributed by atoms with van der Waals surface area (Å²) < 4.78 is 0. The van der Waals surface area contributed by atoms with Crippen molar-refractivity contribution in [2.24, 2.45) is 0 Å². The van der Waals surface area contributed by atoms with Crippen molar-refractivity contribution >= 4 is 28.1 Å². The molecule has 0 bridgehead atoms. The Labute approximate surface area is 148 Å². The highest BCUT2D eigenvalue weighted by Gasteiger charge is 2.15. The van der Waals surface area contributed by atoms with Gasteiger partial charge in [0.1, 0.15) is 0 Å². The number of anilines is 1. The summed E-state index contributed by atoms with van der Waals surface area (Å²) in [6.07, 6.45) is 0. The average Bonchev–Trinajstić information content (AvgIpc) is 3.03. The zero-order valence-electron chi connectivity index (χ0n) is 13.6. The second-order valence-corrected chi connectivity index (χ2v) is 6.42. The molecule has 7 heteroatoms. The van der Waals surface area contributed by atoms with Gasteiger partial charge in [0.25, 0.3) is 11.6 Å². The summed E-state index contributed by atoms with van der Waals surface area (Å²) >= 11 is 1.28. The Morgan fingerprint density at radius 1 is 1.16 bits per heavy atom. The molecule has 1 N–H and O–H groups in total. The van der Waals surface area contributed by atoms with Crippen LogP contribution < -0.4 is 5.32 Å². The summed E-state index contributed by atoms with van der Waals surface area (Å²) in [6, 6.07) is 12.3. The van der Waals surface area contributed by atoms with Gasteiger partial charge in [-0.05, 0) is 25.5 Å². The fourth-order valence-electron chi connectivity index (χ4n) is 2.42. The van der Waals surface area contributed by atoms with Gasteiger partial charge in [-0.1, -0.05) is 30.3 Å². The molecule has 3 rings (SSSR count). The van der Waals surface area contributed by atoms with Gasteiger partial charge in [0.2, 0.25) is 0 Å². The van der Waals surface area contributed by atoms with Gasteiger partial charge < -0.3 is 0 Å². The van der Waals surface area contributed by atoms with E-state index in [1.807, 2.05) is 19.1 Å². The fourth-order valence-corrected chi connectivity index (χ4v) is 3.14. The first-order valence-corrected chi connectivity index (χ1v) is 8.41. The number of rotatable bonds is 4. The maximum Gasteiger partial charge on any atom is 0.272 e. The zero-order chi connectivity index (χ0) is 18.0. The van der Waals surface area contributed by atoms with E-state index in [1.54, 1.807) is 36.6 Å². The molecule has 3 aromatic rings. The number of amides is 1. The van der Waals surface area contributed by atoms with E-state index in [9.17, 15) is 14.9 Å². The number of nitro benzene ring substituents is 1. The standard InChI is InChI=1S/C18H15N3O3S/c1-11-5-3-4-6-14(11)17(22)20-18-19-15(10-25-18)13-8-7-12(2)16(9-13)21(23)24/h3-10H,1-2H3,(H,19,20,22).